The van der Waals surface area contributed by atoms with E-state index in [1.165, 1.54) is 11.3 Å². The zero-order valence-electron chi connectivity index (χ0n) is 18.9. The van der Waals surface area contributed by atoms with Crippen molar-refractivity contribution < 1.29 is 23.5 Å². The van der Waals surface area contributed by atoms with Crippen LogP contribution in [0.4, 0.5) is 0 Å². The fourth-order valence-corrected chi connectivity index (χ4v) is 4.40. The van der Waals surface area contributed by atoms with Gasteiger partial charge in [0.05, 0.1) is 31.9 Å². The molecule has 4 rings (SSSR count). The first-order chi connectivity index (χ1) is 16.1. The van der Waals surface area contributed by atoms with E-state index in [1.54, 1.807) is 30.3 Å². The number of methoxy groups -OCH3 is 2. The summed E-state index contributed by atoms with van der Waals surface area (Å²) in [6, 6.07) is 13.2. The summed E-state index contributed by atoms with van der Waals surface area (Å²) in [5.74, 6) is 1.86. The van der Waals surface area contributed by atoms with E-state index in [0.29, 0.717) is 41.6 Å². The van der Waals surface area contributed by atoms with Crippen LogP contribution in [0, 0.1) is 0 Å². The molecule has 0 spiro atoms. The summed E-state index contributed by atoms with van der Waals surface area (Å²) in [5.41, 5.74) is 1.03. The van der Waals surface area contributed by atoms with Crippen molar-refractivity contribution in [1.82, 2.24) is 9.80 Å². The Morgan fingerprint density at radius 1 is 1.09 bits per heavy atom. The molecule has 1 saturated carbocycles. The van der Waals surface area contributed by atoms with Gasteiger partial charge in [0.15, 0.2) is 11.5 Å². The number of carbonyl (C=O) groups is 2. The quantitative estimate of drug-likeness (QED) is 0.421. The lowest BCUT2D eigenvalue weighted by Crippen LogP contribution is -2.44. The van der Waals surface area contributed by atoms with Crippen molar-refractivity contribution in [2.45, 2.75) is 31.8 Å². The highest BCUT2D eigenvalue weighted by molar-refractivity contribution is 7.12. The molecular weight excluding hydrogens is 440 g/mol. The fraction of sp³-hybridized carbons (Fsp3) is 0.360. The van der Waals surface area contributed by atoms with Crippen molar-refractivity contribution in [3.05, 3.63) is 70.3 Å². The van der Waals surface area contributed by atoms with Crippen LogP contribution >= 0.6 is 11.3 Å². The van der Waals surface area contributed by atoms with Crippen LogP contribution in [0.2, 0.25) is 0 Å². The van der Waals surface area contributed by atoms with Crippen molar-refractivity contribution in [3.63, 3.8) is 0 Å². The maximum atomic E-state index is 13.4. The topological polar surface area (TPSA) is 72.2 Å². The number of carbonyl (C=O) groups excluding carboxylic acids is 2. The van der Waals surface area contributed by atoms with Gasteiger partial charge >= 0.3 is 0 Å². The maximum absolute atomic E-state index is 13.4. The average Bonchev–Trinajstić information content (AvgIpc) is 3.28. The maximum Gasteiger partial charge on any atom is 0.264 e. The van der Waals surface area contributed by atoms with E-state index < -0.39 is 0 Å². The molecule has 1 aromatic carbocycles. The van der Waals surface area contributed by atoms with Crippen LogP contribution in [0.25, 0.3) is 0 Å². The normalized spacial score (nSPS) is 12.9. The van der Waals surface area contributed by atoms with Crippen molar-refractivity contribution in [1.29, 1.82) is 0 Å². The van der Waals surface area contributed by atoms with Gasteiger partial charge in [0.1, 0.15) is 12.3 Å². The van der Waals surface area contributed by atoms with E-state index in [-0.39, 0.29) is 24.4 Å². The highest BCUT2D eigenvalue weighted by Crippen LogP contribution is 2.30. The second-order valence-electron chi connectivity index (χ2n) is 7.98. The van der Waals surface area contributed by atoms with Crippen LogP contribution in [-0.2, 0) is 17.8 Å². The molecule has 3 aromatic rings. The van der Waals surface area contributed by atoms with Gasteiger partial charge in [-0.2, -0.15) is 0 Å². The average molecular weight is 469 g/mol. The Morgan fingerprint density at radius 3 is 2.55 bits per heavy atom. The summed E-state index contributed by atoms with van der Waals surface area (Å²) >= 11 is 1.40. The standard InChI is InChI=1S/C25H28N2O5S/c1-30-21-10-7-18(15-22(21)31-2)11-12-26(16-20-5-3-13-32-20)24(28)17-27(19-8-9-19)25(29)23-6-4-14-33-23/h3-7,10,13-15,19H,8-9,11-12,16-17H2,1-2H3. The highest BCUT2D eigenvalue weighted by Gasteiger charge is 2.35. The minimum absolute atomic E-state index is 0.0635. The number of rotatable bonds is 11. The van der Waals surface area contributed by atoms with Crippen LogP contribution in [-0.4, -0.2) is 55.0 Å². The summed E-state index contributed by atoms with van der Waals surface area (Å²) < 4.78 is 16.2. The first-order valence-electron chi connectivity index (χ1n) is 10.9. The van der Waals surface area contributed by atoms with Gasteiger partial charge < -0.3 is 23.7 Å². The van der Waals surface area contributed by atoms with Crippen molar-refractivity contribution in [2.24, 2.45) is 0 Å². The largest absolute Gasteiger partial charge is 0.493 e. The number of furan rings is 1. The number of thiophene rings is 1. The van der Waals surface area contributed by atoms with Gasteiger partial charge in [0.25, 0.3) is 5.91 Å². The predicted octanol–water partition coefficient (Wildman–Crippen LogP) is 4.23. The van der Waals surface area contributed by atoms with E-state index in [9.17, 15) is 9.59 Å². The van der Waals surface area contributed by atoms with E-state index >= 15 is 0 Å². The van der Waals surface area contributed by atoms with Crippen molar-refractivity contribution >= 4 is 23.2 Å². The number of hydrogen-bond acceptors (Lipinski definition) is 6. The molecule has 0 unspecified atom stereocenters. The molecule has 1 aliphatic carbocycles. The van der Waals surface area contributed by atoms with Crippen molar-refractivity contribution in [2.75, 3.05) is 27.3 Å². The molecule has 2 amide bonds. The molecule has 33 heavy (non-hydrogen) atoms. The van der Waals surface area contributed by atoms with Crippen molar-refractivity contribution in [3.8, 4) is 11.5 Å². The lowest BCUT2D eigenvalue weighted by molar-refractivity contribution is -0.132. The predicted molar refractivity (Wildman–Crippen MR) is 126 cm³/mol. The van der Waals surface area contributed by atoms with E-state index in [4.69, 9.17) is 13.9 Å². The van der Waals surface area contributed by atoms with Crippen LogP contribution < -0.4 is 9.47 Å². The minimum Gasteiger partial charge on any atom is -0.493 e. The molecule has 0 atom stereocenters. The SMILES string of the molecule is COc1ccc(CCN(Cc2ccco2)C(=O)CN(C(=O)c2cccs2)C2CC2)cc1OC. The molecule has 0 N–H and O–H groups in total. The minimum atomic E-state index is -0.0938. The second-order valence-corrected chi connectivity index (χ2v) is 8.92. The fourth-order valence-electron chi connectivity index (χ4n) is 3.72. The first-order valence-corrected chi connectivity index (χ1v) is 11.8. The lowest BCUT2D eigenvalue weighted by atomic mass is 10.1. The van der Waals surface area contributed by atoms with Gasteiger partial charge in [-0.15, -0.1) is 11.3 Å². The summed E-state index contributed by atoms with van der Waals surface area (Å²) in [6.45, 7) is 0.902. The van der Waals surface area contributed by atoms with E-state index in [2.05, 4.69) is 0 Å². The van der Waals surface area contributed by atoms with Crippen LogP contribution in [0.15, 0.2) is 58.5 Å². The van der Waals surface area contributed by atoms with E-state index in [0.717, 1.165) is 18.4 Å². The Hall–Kier alpha value is -3.26. The third kappa shape index (κ3) is 5.76. The summed E-state index contributed by atoms with van der Waals surface area (Å²) in [4.78, 5) is 30.5. The summed E-state index contributed by atoms with van der Waals surface area (Å²) in [6.07, 6.45) is 4.11. The molecule has 1 fully saturated rings. The van der Waals surface area contributed by atoms with Gasteiger partial charge in [0, 0.05) is 12.6 Å². The van der Waals surface area contributed by atoms with Crippen LogP contribution in [0.3, 0.4) is 0 Å². The number of nitrogens with zero attached hydrogens (tertiary/aromatic N) is 2. The molecule has 2 aromatic heterocycles. The second kappa shape index (κ2) is 10.6. The van der Waals surface area contributed by atoms with Gasteiger partial charge in [-0.1, -0.05) is 12.1 Å². The smallest absolute Gasteiger partial charge is 0.264 e. The third-order valence-electron chi connectivity index (χ3n) is 5.68. The molecule has 0 saturated heterocycles. The van der Waals surface area contributed by atoms with Gasteiger partial charge in [-0.3, -0.25) is 9.59 Å². The Bertz CT molecular complexity index is 1060. The van der Waals surface area contributed by atoms with Gasteiger partial charge in [0.2, 0.25) is 5.91 Å². The molecule has 7 nitrogen and oxygen atoms in total. The molecule has 8 heteroatoms. The van der Waals surface area contributed by atoms with Crippen LogP contribution in [0.5, 0.6) is 11.5 Å². The zero-order valence-corrected chi connectivity index (χ0v) is 19.7. The summed E-state index contributed by atoms with van der Waals surface area (Å²) in [7, 11) is 3.20. The Balaban J connectivity index is 1.47. The lowest BCUT2D eigenvalue weighted by Gasteiger charge is -2.27. The number of amides is 2. The number of hydrogen-bond donors (Lipinski definition) is 0. The molecule has 0 bridgehead atoms. The molecule has 1 aliphatic rings. The van der Waals surface area contributed by atoms with E-state index in [1.807, 2.05) is 47.8 Å². The Kier molecular flexibility index (Phi) is 7.34. The van der Waals surface area contributed by atoms with Gasteiger partial charge in [-0.25, -0.2) is 0 Å². The molecular formula is C25H28N2O5S. The first kappa shape index (κ1) is 22.9. The number of ether oxygens (including phenoxy) is 2. The third-order valence-corrected chi connectivity index (χ3v) is 6.54. The zero-order chi connectivity index (χ0) is 23.2. The van der Waals surface area contributed by atoms with Crippen LogP contribution in [0.1, 0.15) is 33.8 Å². The Morgan fingerprint density at radius 2 is 1.91 bits per heavy atom. The Labute approximate surface area is 197 Å². The molecule has 0 radical (unpaired) electrons. The molecule has 174 valence electrons. The number of benzene rings is 1. The van der Waals surface area contributed by atoms with Gasteiger partial charge in [-0.05, 0) is 60.5 Å². The monoisotopic (exact) mass is 468 g/mol. The molecule has 0 aliphatic heterocycles. The molecule has 2 heterocycles. The summed E-state index contributed by atoms with van der Waals surface area (Å²) in [5, 5.41) is 1.88. The highest BCUT2D eigenvalue weighted by atomic mass is 32.1.